The molecule has 1 aromatic heterocycles. The third-order valence-corrected chi connectivity index (χ3v) is 2.34. The van der Waals surface area contributed by atoms with Crippen molar-refractivity contribution in [1.82, 2.24) is 10.2 Å². The summed E-state index contributed by atoms with van der Waals surface area (Å²) in [4.78, 5) is 11.7. The lowest BCUT2D eigenvalue weighted by Gasteiger charge is -2.02. The van der Waals surface area contributed by atoms with Crippen LogP contribution in [0.1, 0.15) is 16.2 Å². The third kappa shape index (κ3) is 2.54. The van der Waals surface area contributed by atoms with Crippen LogP contribution >= 0.6 is 11.6 Å². The van der Waals surface area contributed by atoms with Gasteiger partial charge in [-0.2, -0.15) is 0 Å². The zero-order valence-electron chi connectivity index (χ0n) is 8.90. The molecule has 17 heavy (non-hydrogen) atoms. The standard InChI is InChI=1S/C10H9ClN4O2/c1-5-14-15-10(17-5)13-9(16)6-2-3-8(12)7(11)4-6/h2-4H,12H2,1H3,(H,13,15,16). The van der Waals surface area contributed by atoms with Gasteiger partial charge < -0.3 is 10.2 Å². The highest BCUT2D eigenvalue weighted by Gasteiger charge is 2.11. The van der Waals surface area contributed by atoms with Crippen molar-refractivity contribution < 1.29 is 9.21 Å². The van der Waals surface area contributed by atoms with Gasteiger partial charge >= 0.3 is 6.01 Å². The minimum Gasteiger partial charge on any atom is -0.408 e. The molecule has 0 saturated carbocycles. The molecule has 1 amide bonds. The fraction of sp³-hybridized carbons (Fsp3) is 0.100. The van der Waals surface area contributed by atoms with E-state index in [1.165, 1.54) is 6.07 Å². The molecule has 2 aromatic rings. The Morgan fingerprint density at radius 2 is 2.24 bits per heavy atom. The number of carbonyl (C=O) groups excluding carboxylic acids is 1. The van der Waals surface area contributed by atoms with Gasteiger partial charge in [-0.3, -0.25) is 10.1 Å². The van der Waals surface area contributed by atoms with E-state index in [0.717, 1.165) is 0 Å². The molecule has 88 valence electrons. The summed E-state index contributed by atoms with van der Waals surface area (Å²) in [5, 5.41) is 10.00. The van der Waals surface area contributed by atoms with Gasteiger partial charge in [-0.1, -0.05) is 16.7 Å². The van der Waals surface area contributed by atoms with Crippen LogP contribution in [0.5, 0.6) is 0 Å². The molecule has 1 heterocycles. The van der Waals surface area contributed by atoms with Crippen molar-refractivity contribution in [3.63, 3.8) is 0 Å². The van der Waals surface area contributed by atoms with Gasteiger partial charge in [0.25, 0.3) is 5.91 Å². The Balaban J connectivity index is 2.17. The summed E-state index contributed by atoms with van der Waals surface area (Å²) in [6.07, 6.45) is 0. The highest BCUT2D eigenvalue weighted by Crippen LogP contribution is 2.20. The third-order valence-electron chi connectivity index (χ3n) is 2.01. The van der Waals surface area contributed by atoms with Crippen LogP contribution in [0.15, 0.2) is 22.6 Å². The molecular weight excluding hydrogens is 244 g/mol. The van der Waals surface area contributed by atoms with E-state index in [-0.39, 0.29) is 6.01 Å². The van der Waals surface area contributed by atoms with Crippen molar-refractivity contribution in [2.45, 2.75) is 6.92 Å². The van der Waals surface area contributed by atoms with Gasteiger partial charge in [-0.05, 0) is 18.2 Å². The minimum absolute atomic E-state index is 0.0421. The lowest BCUT2D eigenvalue weighted by Crippen LogP contribution is -2.12. The van der Waals surface area contributed by atoms with Crippen molar-refractivity contribution in [2.24, 2.45) is 0 Å². The van der Waals surface area contributed by atoms with Crippen LogP contribution < -0.4 is 11.1 Å². The molecule has 0 atom stereocenters. The average Bonchev–Trinajstić information content (AvgIpc) is 2.68. The number of nitrogens with two attached hydrogens (primary N) is 1. The molecule has 0 aliphatic heterocycles. The summed E-state index contributed by atoms with van der Waals surface area (Å²) < 4.78 is 5.02. The van der Waals surface area contributed by atoms with E-state index in [1.807, 2.05) is 0 Å². The van der Waals surface area contributed by atoms with Gasteiger partial charge in [0.2, 0.25) is 5.89 Å². The van der Waals surface area contributed by atoms with E-state index in [0.29, 0.717) is 22.2 Å². The van der Waals surface area contributed by atoms with Gasteiger partial charge in [-0.15, -0.1) is 5.10 Å². The molecule has 0 aliphatic rings. The maximum atomic E-state index is 11.7. The van der Waals surface area contributed by atoms with E-state index in [2.05, 4.69) is 15.5 Å². The van der Waals surface area contributed by atoms with Gasteiger partial charge in [-0.25, -0.2) is 0 Å². The minimum atomic E-state index is -0.393. The second-order valence-corrected chi connectivity index (χ2v) is 3.72. The first-order chi connectivity index (χ1) is 8.06. The van der Waals surface area contributed by atoms with Gasteiger partial charge in [0, 0.05) is 12.5 Å². The molecule has 2 rings (SSSR count). The van der Waals surface area contributed by atoms with E-state index in [1.54, 1.807) is 19.1 Å². The Labute approximate surface area is 102 Å². The van der Waals surface area contributed by atoms with Gasteiger partial charge in [0.1, 0.15) is 0 Å². The molecule has 0 radical (unpaired) electrons. The number of aromatic nitrogens is 2. The fourth-order valence-corrected chi connectivity index (χ4v) is 1.37. The van der Waals surface area contributed by atoms with Crippen molar-refractivity contribution in [2.75, 3.05) is 11.1 Å². The summed E-state index contributed by atoms with van der Waals surface area (Å²) in [7, 11) is 0. The summed E-state index contributed by atoms with van der Waals surface area (Å²) >= 11 is 5.81. The number of hydrogen-bond acceptors (Lipinski definition) is 5. The predicted octanol–water partition coefficient (Wildman–Crippen LogP) is 1.87. The first-order valence-electron chi connectivity index (χ1n) is 4.73. The van der Waals surface area contributed by atoms with Gasteiger partial charge in [0.05, 0.1) is 10.7 Å². The van der Waals surface area contributed by atoms with Crippen LogP contribution in [0.25, 0.3) is 0 Å². The number of rotatable bonds is 2. The molecule has 0 aliphatic carbocycles. The average molecular weight is 253 g/mol. The zero-order chi connectivity index (χ0) is 12.4. The molecule has 7 heteroatoms. The number of anilines is 2. The van der Waals surface area contributed by atoms with Crippen molar-refractivity contribution in [3.05, 3.63) is 34.7 Å². The number of nitrogen functional groups attached to an aromatic ring is 1. The topological polar surface area (TPSA) is 94.0 Å². The normalized spacial score (nSPS) is 10.2. The molecule has 1 aromatic carbocycles. The Morgan fingerprint density at radius 3 is 2.82 bits per heavy atom. The number of amides is 1. The molecular formula is C10H9ClN4O2. The number of aryl methyl sites for hydroxylation is 1. The maximum Gasteiger partial charge on any atom is 0.322 e. The molecule has 3 N–H and O–H groups in total. The highest BCUT2D eigenvalue weighted by atomic mass is 35.5. The lowest BCUT2D eigenvalue weighted by atomic mass is 10.2. The second-order valence-electron chi connectivity index (χ2n) is 3.32. The largest absolute Gasteiger partial charge is 0.408 e. The first kappa shape index (κ1) is 11.4. The SMILES string of the molecule is Cc1nnc(NC(=O)c2ccc(N)c(Cl)c2)o1. The number of halogens is 1. The monoisotopic (exact) mass is 252 g/mol. The second kappa shape index (κ2) is 4.42. The Hall–Kier alpha value is -2.08. The van der Waals surface area contributed by atoms with E-state index in [4.69, 9.17) is 21.8 Å². The van der Waals surface area contributed by atoms with Gasteiger partial charge in [0.15, 0.2) is 0 Å². The van der Waals surface area contributed by atoms with Crippen molar-refractivity contribution in [1.29, 1.82) is 0 Å². The smallest absolute Gasteiger partial charge is 0.322 e. The van der Waals surface area contributed by atoms with Crippen molar-refractivity contribution >= 4 is 29.2 Å². The van der Waals surface area contributed by atoms with Crippen LogP contribution in [0.2, 0.25) is 5.02 Å². The summed E-state index contributed by atoms with van der Waals surface area (Å²) in [6.45, 7) is 1.63. The highest BCUT2D eigenvalue weighted by molar-refractivity contribution is 6.33. The van der Waals surface area contributed by atoms with Crippen LogP contribution in [0.4, 0.5) is 11.7 Å². The predicted molar refractivity (Wildman–Crippen MR) is 62.9 cm³/mol. The van der Waals surface area contributed by atoms with E-state index >= 15 is 0 Å². The Morgan fingerprint density at radius 1 is 1.47 bits per heavy atom. The Bertz CT molecular complexity index is 567. The molecule has 0 fully saturated rings. The quantitative estimate of drug-likeness (QED) is 0.796. The lowest BCUT2D eigenvalue weighted by molar-refractivity contribution is 0.102. The summed E-state index contributed by atoms with van der Waals surface area (Å²) in [5.74, 6) is -0.0220. The fourth-order valence-electron chi connectivity index (χ4n) is 1.18. The number of nitrogens with zero attached hydrogens (tertiary/aromatic N) is 2. The molecule has 0 bridgehead atoms. The molecule has 0 saturated heterocycles. The summed E-state index contributed by atoms with van der Waals surface area (Å²) in [6, 6.07) is 4.62. The first-order valence-corrected chi connectivity index (χ1v) is 5.10. The van der Waals surface area contributed by atoms with Crippen LogP contribution in [0, 0.1) is 6.92 Å². The molecule has 0 unspecified atom stereocenters. The molecule has 6 nitrogen and oxygen atoms in total. The van der Waals surface area contributed by atoms with E-state index in [9.17, 15) is 4.79 Å². The van der Waals surface area contributed by atoms with E-state index < -0.39 is 5.91 Å². The van der Waals surface area contributed by atoms with Crippen LogP contribution in [-0.4, -0.2) is 16.1 Å². The summed E-state index contributed by atoms with van der Waals surface area (Å²) in [5.41, 5.74) is 6.32. The maximum absolute atomic E-state index is 11.7. The number of hydrogen-bond donors (Lipinski definition) is 2. The molecule has 0 spiro atoms. The van der Waals surface area contributed by atoms with Crippen LogP contribution in [0.3, 0.4) is 0 Å². The number of carbonyl (C=O) groups is 1. The number of benzene rings is 1. The van der Waals surface area contributed by atoms with Crippen molar-refractivity contribution in [3.8, 4) is 0 Å². The Kier molecular flexibility index (Phi) is 2.97. The van der Waals surface area contributed by atoms with Crippen LogP contribution in [-0.2, 0) is 0 Å². The zero-order valence-corrected chi connectivity index (χ0v) is 9.65. The number of nitrogens with one attached hydrogen (secondary N) is 1.